The number of aliphatic imine (C=N–C) groups is 1. The Morgan fingerprint density at radius 1 is 1.20 bits per heavy atom. The highest BCUT2D eigenvalue weighted by Crippen LogP contribution is 2.25. The zero-order valence-corrected chi connectivity index (χ0v) is 9.60. The van der Waals surface area contributed by atoms with Gasteiger partial charge in [-0.2, -0.15) is 0 Å². The summed E-state index contributed by atoms with van der Waals surface area (Å²) in [7, 11) is 0. The summed E-state index contributed by atoms with van der Waals surface area (Å²) in [6.07, 6.45) is 9.74. The van der Waals surface area contributed by atoms with Gasteiger partial charge in [0.05, 0.1) is 0 Å². The molecule has 86 valence electrons. The van der Waals surface area contributed by atoms with Gasteiger partial charge in [-0.1, -0.05) is 32.1 Å². The van der Waals surface area contributed by atoms with Crippen molar-refractivity contribution in [3.63, 3.8) is 0 Å². The fraction of sp³-hybridized carbons (Fsp3) is 0.917. The maximum atomic E-state index is 4.41. The molecular weight excluding hydrogens is 186 g/mol. The Labute approximate surface area is 92.7 Å². The van der Waals surface area contributed by atoms with Crippen molar-refractivity contribution in [2.45, 2.75) is 44.9 Å². The molecule has 1 saturated carbocycles. The Morgan fingerprint density at radius 3 is 2.80 bits per heavy atom. The number of nitrogens with one attached hydrogen (secondary N) is 2. The summed E-state index contributed by atoms with van der Waals surface area (Å²) in [5, 5.41) is 6.70. The maximum absolute atomic E-state index is 4.41. The molecule has 2 rings (SSSR count). The highest BCUT2D eigenvalue weighted by molar-refractivity contribution is 5.80. The fourth-order valence-electron chi connectivity index (χ4n) is 2.52. The summed E-state index contributed by atoms with van der Waals surface area (Å²) >= 11 is 0. The smallest absolute Gasteiger partial charge is 0.191 e. The Kier molecular flexibility index (Phi) is 4.30. The second kappa shape index (κ2) is 5.99. The highest BCUT2D eigenvalue weighted by Gasteiger charge is 2.13. The van der Waals surface area contributed by atoms with Gasteiger partial charge in [-0.15, -0.1) is 0 Å². The number of hydrogen-bond acceptors (Lipinski definition) is 3. The molecule has 15 heavy (non-hydrogen) atoms. The average molecular weight is 209 g/mol. The Balaban J connectivity index is 1.59. The van der Waals surface area contributed by atoms with Gasteiger partial charge in [-0.05, 0) is 18.8 Å². The summed E-state index contributed by atoms with van der Waals surface area (Å²) in [6.45, 7) is 3.16. The van der Waals surface area contributed by atoms with Crippen LogP contribution in [0.3, 0.4) is 0 Å². The van der Waals surface area contributed by atoms with Gasteiger partial charge < -0.3 is 10.6 Å². The largest absolute Gasteiger partial charge is 0.356 e. The third kappa shape index (κ3) is 3.73. The topological polar surface area (TPSA) is 36.4 Å². The molecule has 1 fully saturated rings. The van der Waals surface area contributed by atoms with Crippen molar-refractivity contribution < 1.29 is 0 Å². The molecule has 0 radical (unpaired) electrons. The van der Waals surface area contributed by atoms with Crippen molar-refractivity contribution in [2.24, 2.45) is 10.9 Å². The van der Waals surface area contributed by atoms with Crippen molar-refractivity contribution in [3.8, 4) is 0 Å². The molecule has 0 atom stereocenters. The maximum Gasteiger partial charge on any atom is 0.191 e. The van der Waals surface area contributed by atoms with E-state index < -0.39 is 0 Å². The summed E-state index contributed by atoms with van der Waals surface area (Å²) in [5.74, 6) is 1.99. The molecule has 0 spiro atoms. The number of nitrogens with zero attached hydrogens (tertiary/aromatic N) is 1. The van der Waals surface area contributed by atoms with E-state index in [2.05, 4.69) is 15.6 Å². The van der Waals surface area contributed by atoms with Crippen LogP contribution in [0.15, 0.2) is 4.99 Å². The lowest BCUT2D eigenvalue weighted by Crippen LogP contribution is -2.41. The predicted octanol–water partition coefficient (Wildman–Crippen LogP) is 1.90. The molecule has 3 heteroatoms. The minimum Gasteiger partial charge on any atom is -0.356 e. The van der Waals surface area contributed by atoms with Gasteiger partial charge in [0, 0.05) is 19.6 Å². The van der Waals surface area contributed by atoms with Gasteiger partial charge in [-0.3, -0.25) is 4.99 Å². The van der Waals surface area contributed by atoms with Crippen LogP contribution in [0.2, 0.25) is 0 Å². The van der Waals surface area contributed by atoms with Gasteiger partial charge in [-0.25, -0.2) is 0 Å². The lowest BCUT2D eigenvalue weighted by molar-refractivity contribution is 0.339. The van der Waals surface area contributed by atoms with Crippen LogP contribution in [0.1, 0.15) is 44.9 Å². The van der Waals surface area contributed by atoms with Gasteiger partial charge in [0.2, 0.25) is 0 Å². The summed E-state index contributed by atoms with van der Waals surface area (Å²) in [6, 6.07) is 0. The van der Waals surface area contributed by atoms with E-state index in [1.807, 2.05) is 0 Å². The minimum atomic E-state index is 0.968. The molecule has 0 unspecified atom stereocenters. The molecule has 2 N–H and O–H groups in total. The normalized spacial score (nSPS) is 23.1. The van der Waals surface area contributed by atoms with E-state index in [1.54, 1.807) is 0 Å². The Morgan fingerprint density at radius 2 is 2.07 bits per heavy atom. The number of hydrogen-bond donors (Lipinski definition) is 2. The lowest BCUT2D eigenvalue weighted by atomic mass is 9.87. The minimum absolute atomic E-state index is 0.968. The van der Waals surface area contributed by atoms with Crippen molar-refractivity contribution in [1.82, 2.24) is 10.6 Å². The van der Waals surface area contributed by atoms with E-state index in [1.165, 1.54) is 44.9 Å². The van der Waals surface area contributed by atoms with Gasteiger partial charge in [0.25, 0.3) is 0 Å². The second-order valence-corrected chi connectivity index (χ2v) is 4.73. The quantitative estimate of drug-likeness (QED) is 0.745. The van der Waals surface area contributed by atoms with Crippen molar-refractivity contribution in [1.29, 1.82) is 0 Å². The molecule has 2 aliphatic rings. The zero-order valence-electron chi connectivity index (χ0n) is 9.60. The van der Waals surface area contributed by atoms with E-state index in [9.17, 15) is 0 Å². The standard InChI is InChI=1S/C12H23N3/c1-2-5-11(6-3-1)7-10-15-12-13-8-4-9-14-12/h11H,1-10H2,(H2,13,14,15). The second-order valence-electron chi connectivity index (χ2n) is 4.73. The summed E-state index contributed by atoms with van der Waals surface area (Å²) < 4.78 is 0. The van der Waals surface area contributed by atoms with Crippen LogP contribution >= 0.6 is 0 Å². The number of guanidine groups is 1. The van der Waals surface area contributed by atoms with Crippen LogP contribution in [-0.2, 0) is 0 Å². The van der Waals surface area contributed by atoms with Crippen molar-refractivity contribution in [3.05, 3.63) is 0 Å². The molecule has 0 amide bonds. The van der Waals surface area contributed by atoms with E-state index in [-0.39, 0.29) is 0 Å². The van der Waals surface area contributed by atoms with E-state index in [4.69, 9.17) is 0 Å². The monoisotopic (exact) mass is 209 g/mol. The fourth-order valence-corrected chi connectivity index (χ4v) is 2.52. The molecule has 1 aliphatic heterocycles. The Bertz CT molecular complexity index is 207. The van der Waals surface area contributed by atoms with Crippen LogP contribution in [0.5, 0.6) is 0 Å². The molecule has 0 saturated heterocycles. The van der Waals surface area contributed by atoms with E-state index >= 15 is 0 Å². The van der Waals surface area contributed by atoms with Crippen LogP contribution in [0, 0.1) is 5.92 Å². The molecule has 0 aromatic rings. The van der Waals surface area contributed by atoms with Crippen molar-refractivity contribution in [2.75, 3.05) is 19.6 Å². The molecule has 1 heterocycles. The molecule has 3 nitrogen and oxygen atoms in total. The lowest BCUT2D eigenvalue weighted by Gasteiger charge is -2.22. The van der Waals surface area contributed by atoms with Crippen molar-refractivity contribution >= 4 is 5.96 Å². The van der Waals surface area contributed by atoms with Crippen LogP contribution < -0.4 is 10.6 Å². The van der Waals surface area contributed by atoms with Gasteiger partial charge in [0.1, 0.15) is 0 Å². The summed E-state index contributed by atoms with van der Waals surface area (Å²) in [4.78, 5) is 4.41. The van der Waals surface area contributed by atoms with Crippen LogP contribution in [-0.4, -0.2) is 25.6 Å². The highest BCUT2D eigenvalue weighted by atomic mass is 15.2. The predicted molar refractivity (Wildman–Crippen MR) is 64.1 cm³/mol. The molecule has 0 bridgehead atoms. The average Bonchev–Trinajstić information content (AvgIpc) is 2.32. The van der Waals surface area contributed by atoms with E-state index in [0.29, 0.717) is 0 Å². The third-order valence-electron chi connectivity index (χ3n) is 3.47. The first-order chi connectivity index (χ1) is 7.45. The summed E-state index contributed by atoms with van der Waals surface area (Å²) in [5.41, 5.74) is 0. The first kappa shape index (κ1) is 10.8. The molecular formula is C12H23N3. The van der Waals surface area contributed by atoms with Crippen LogP contribution in [0.4, 0.5) is 0 Å². The first-order valence-corrected chi connectivity index (χ1v) is 6.47. The first-order valence-electron chi connectivity index (χ1n) is 6.47. The zero-order chi connectivity index (χ0) is 10.3. The Hall–Kier alpha value is -0.730. The number of rotatable bonds is 3. The molecule has 0 aromatic heterocycles. The SMILES string of the molecule is C1CCC(CCNC2=NCCCN2)CC1. The van der Waals surface area contributed by atoms with Gasteiger partial charge in [0.15, 0.2) is 5.96 Å². The van der Waals surface area contributed by atoms with Crippen LogP contribution in [0.25, 0.3) is 0 Å². The van der Waals surface area contributed by atoms with Gasteiger partial charge >= 0.3 is 0 Å². The van der Waals surface area contributed by atoms with E-state index in [0.717, 1.165) is 31.5 Å². The molecule has 1 aliphatic carbocycles. The third-order valence-corrected chi connectivity index (χ3v) is 3.47. The molecule has 0 aromatic carbocycles.